The summed E-state index contributed by atoms with van der Waals surface area (Å²) in [4.78, 5) is 65.4. The highest BCUT2D eigenvalue weighted by Crippen LogP contribution is 2.32. The number of carbonyl (C=O) groups excluding carboxylic acids is 5. The predicted octanol–water partition coefficient (Wildman–Crippen LogP) is 2.59. The number of hydrogen-bond acceptors (Lipinski definition) is 7. The van der Waals surface area contributed by atoms with Crippen molar-refractivity contribution in [3.8, 4) is 0 Å². The summed E-state index contributed by atoms with van der Waals surface area (Å²) in [5.74, 6) is -2.00. The third-order valence-electron chi connectivity index (χ3n) is 4.92. The Morgan fingerprint density at radius 3 is 2.32 bits per heavy atom. The summed E-state index contributed by atoms with van der Waals surface area (Å²) in [5.41, 5.74) is 0.532. The van der Waals surface area contributed by atoms with Crippen LogP contribution in [0, 0.1) is 0 Å². The number of carbonyl (C=O) groups is 5. The minimum atomic E-state index is -1.03. The van der Waals surface area contributed by atoms with E-state index in [0.29, 0.717) is 4.91 Å². The normalized spacial score (nSPS) is 18.2. The van der Waals surface area contributed by atoms with E-state index < -0.39 is 34.9 Å². The maximum Gasteiger partial charge on any atom is 0.293 e. The standard InChI is InChI=1S/C21H17N3O5S2/c1-12(24-18(26)14-6-2-3-7-15(14)19(24)27)17(25)22-8-9-23-20(28)16(31-21(23)29)11-13-5-4-10-30-13/h2-7,10-12H,8-9H2,1H3,(H,22,25)/b16-11+. The molecule has 2 aliphatic rings. The average molecular weight is 456 g/mol. The number of fused-ring (bicyclic) bond motifs is 1. The fourth-order valence-corrected chi connectivity index (χ4v) is 4.90. The first-order valence-electron chi connectivity index (χ1n) is 9.42. The Balaban J connectivity index is 1.34. The van der Waals surface area contributed by atoms with Crippen LogP contribution in [0.2, 0.25) is 0 Å². The summed E-state index contributed by atoms with van der Waals surface area (Å²) >= 11 is 2.31. The molecule has 8 nitrogen and oxygen atoms in total. The topological polar surface area (TPSA) is 104 Å². The summed E-state index contributed by atoms with van der Waals surface area (Å²) in [7, 11) is 0. The van der Waals surface area contributed by atoms with Gasteiger partial charge in [0.1, 0.15) is 6.04 Å². The van der Waals surface area contributed by atoms with Crippen LogP contribution >= 0.6 is 23.1 Å². The molecule has 1 saturated heterocycles. The summed E-state index contributed by atoms with van der Waals surface area (Å²) in [6.45, 7) is 1.46. The SMILES string of the molecule is CC(C(=O)NCCN1C(=O)S/C(=C/c2cccs2)C1=O)N1C(=O)c2ccccc2C1=O. The number of thioether (sulfide) groups is 1. The fourth-order valence-electron chi connectivity index (χ4n) is 3.31. The lowest BCUT2D eigenvalue weighted by atomic mass is 10.1. The van der Waals surface area contributed by atoms with Crippen molar-refractivity contribution in [1.29, 1.82) is 0 Å². The zero-order chi connectivity index (χ0) is 22.1. The van der Waals surface area contributed by atoms with Gasteiger partial charge in [-0.1, -0.05) is 18.2 Å². The van der Waals surface area contributed by atoms with E-state index in [1.165, 1.54) is 18.3 Å². The van der Waals surface area contributed by atoms with Crippen LogP contribution in [0.5, 0.6) is 0 Å². The first kappa shape index (κ1) is 21.0. The van der Waals surface area contributed by atoms with Crippen molar-refractivity contribution in [1.82, 2.24) is 15.1 Å². The Morgan fingerprint density at radius 2 is 1.71 bits per heavy atom. The van der Waals surface area contributed by atoms with Crippen molar-refractivity contribution in [2.45, 2.75) is 13.0 Å². The van der Waals surface area contributed by atoms with Crippen molar-refractivity contribution in [3.63, 3.8) is 0 Å². The molecule has 1 aromatic carbocycles. The number of amides is 5. The monoisotopic (exact) mass is 455 g/mol. The molecule has 1 unspecified atom stereocenters. The largest absolute Gasteiger partial charge is 0.353 e. The second-order valence-electron chi connectivity index (χ2n) is 6.84. The Labute approximate surface area is 185 Å². The van der Waals surface area contributed by atoms with Gasteiger partial charge in [-0.2, -0.15) is 0 Å². The number of imide groups is 2. The smallest absolute Gasteiger partial charge is 0.293 e. The number of nitrogens with one attached hydrogen (secondary N) is 1. The number of nitrogens with zero attached hydrogens (tertiary/aromatic N) is 2. The van der Waals surface area contributed by atoms with Gasteiger partial charge in [-0.3, -0.25) is 33.8 Å². The molecule has 1 N–H and O–H groups in total. The van der Waals surface area contributed by atoms with E-state index in [2.05, 4.69) is 5.32 Å². The molecule has 1 aromatic heterocycles. The summed E-state index contributed by atoms with van der Waals surface area (Å²) in [5, 5.41) is 4.07. The molecule has 2 aliphatic heterocycles. The van der Waals surface area contributed by atoms with Gasteiger partial charge >= 0.3 is 0 Å². The lowest BCUT2D eigenvalue weighted by Gasteiger charge is -2.22. The summed E-state index contributed by atoms with van der Waals surface area (Å²) in [6, 6.07) is 9.07. The second kappa shape index (κ2) is 8.48. The molecule has 4 rings (SSSR count). The van der Waals surface area contributed by atoms with Crippen molar-refractivity contribution < 1.29 is 24.0 Å². The van der Waals surface area contributed by atoms with E-state index in [1.54, 1.807) is 30.3 Å². The molecule has 10 heteroatoms. The number of thiophene rings is 1. The average Bonchev–Trinajstić information content (AvgIpc) is 3.43. The Kier molecular flexibility index (Phi) is 5.75. The molecule has 1 fully saturated rings. The molecular weight excluding hydrogens is 438 g/mol. The van der Waals surface area contributed by atoms with Crippen molar-refractivity contribution in [2.75, 3.05) is 13.1 Å². The molecule has 0 radical (unpaired) electrons. The number of hydrogen-bond donors (Lipinski definition) is 1. The third-order valence-corrected chi connectivity index (χ3v) is 6.64. The lowest BCUT2D eigenvalue weighted by Crippen LogP contribution is -2.49. The van der Waals surface area contributed by atoms with E-state index in [0.717, 1.165) is 26.4 Å². The molecular formula is C21H17N3O5S2. The quantitative estimate of drug-likeness (QED) is 0.530. The zero-order valence-corrected chi connectivity index (χ0v) is 18.0. The van der Waals surface area contributed by atoms with E-state index in [-0.39, 0.29) is 24.2 Å². The van der Waals surface area contributed by atoms with Gasteiger partial charge in [-0.25, -0.2) is 0 Å². The van der Waals surface area contributed by atoms with Crippen LogP contribution in [0.1, 0.15) is 32.5 Å². The van der Waals surface area contributed by atoms with Crippen LogP contribution in [0.25, 0.3) is 6.08 Å². The van der Waals surface area contributed by atoms with Gasteiger partial charge in [0.25, 0.3) is 23.0 Å². The van der Waals surface area contributed by atoms with Crippen molar-refractivity contribution >= 4 is 58.0 Å². The zero-order valence-electron chi connectivity index (χ0n) is 16.4. The van der Waals surface area contributed by atoms with E-state index >= 15 is 0 Å². The molecule has 2 aromatic rings. The van der Waals surface area contributed by atoms with Crippen LogP contribution in [-0.4, -0.2) is 57.8 Å². The van der Waals surface area contributed by atoms with Gasteiger partial charge < -0.3 is 5.32 Å². The van der Waals surface area contributed by atoms with Gasteiger partial charge in [0.2, 0.25) is 5.91 Å². The number of rotatable bonds is 6. The predicted molar refractivity (Wildman–Crippen MR) is 116 cm³/mol. The molecule has 1 atom stereocenters. The second-order valence-corrected chi connectivity index (χ2v) is 8.81. The Hall–Kier alpha value is -3.24. The van der Waals surface area contributed by atoms with Gasteiger partial charge in [-0.05, 0) is 48.3 Å². The maximum absolute atomic E-state index is 12.5. The van der Waals surface area contributed by atoms with Crippen LogP contribution in [0.15, 0.2) is 46.7 Å². The van der Waals surface area contributed by atoms with E-state index in [1.807, 2.05) is 17.5 Å². The van der Waals surface area contributed by atoms with Crippen LogP contribution in [0.3, 0.4) is 0 Å². The number of benzene rings is 1. The van der Waals surface area contributed by atoms with E-state index in [9.17, 15) is 24.0 Å². The van der Waals surface area contributed by atoms with Crippen LogP contribution in [-0.2, 0) is 9.59 Å². The highest BCUT2D eigenvalue weighted by molar-refractivity contribution is 8.18. The van der Waals surface area contributed by atoms with Crippen LogP contribution < -0.4 is 5.32 Å². The van der Waals surface area contributed by atoms with Gasteiger partial charge in [0.05, 0.1) is 16.0 Å². The van der Waals surface area contributed by atoms with Gasteiger partial charge in [0.15, 0.2) is 0 Å². The van der Waals surface area contributed by atoms with Gasteiger partial charge in [0, 0.05) is 18.0 Å². The summed E-state index contributed by atoms with van der Waals surface area (Å²) in [6.07, 6.45) is 1.67. The first-order valence-corrected chi connectivity index (χ1v) is 11.1. The minimum absolute atomic E-state index is 0.00692. The minimum Gasteiger partial charge on any atom is -0.353 e. The Morgan fingerprint density at radius 1 is 1.03 bits per heavy atom. The fraction of sp³-hybridized carbons (Fsp3) is 0.190. The molecule has 3 heterocycles. The molecule has 5 amide bonds. The highest BCUT2D eigenvalue weighted by Gasteiger charge is 2.40. The molecule has 158 valence electrons. The third kappa shape index (κ3) is 3.91. The molecule has 31 heavy (non-hydrogen) atoms. The molecule has 0 saturated carbocycles. The van der Waals surface area contributed by atoms with Gasteiger partial charge in [-0.15, -0.1) is 11.3 Å². The molecule has 0 spiro atoms. The van der Waals surface area contributed by atoms with E-state index in [4.69, 9.17) is 0 Å². The molecule has 0 aliphatic carbocycles. The summed E-state index contributed by atoms with van der Waals surface area (Å²) < 4.78 is 0. The Bertz CT molecular complexity index is 1090. The highest BCUT2D eigenvalue weighted by atomic mass is 32.2. The van der Waals surface area contributed by atoms with Crippen molar-refractivity contribution in [2.24, 2.45) is 0 Å². The van der Waals surface area contributed by atoms with Crippen LogP contribution in [0.4, 0.5) is 4.79 Å². The molecule has 0 bridgehead atoms. The maximum atomic E-state index is 12.5. The lowest BCUT2D eigenvalue weighted by molar-refractivity contribution is -0.126. The first-order chi connectivity index (χ1) is 14.9. The van der Waals surface area contributed by atoms with Crippen molar-refractivity contribution in [3.05, 3.63) is 62.7 Å².